The Labute approximate surface area is 145 Å². The van der Waals surface area contributed by atoms with Gasteiger partial charge in [0.1, 0.15) is 11.4 Å². The van der Waals surface area contributed by atoms with Crippen molar-refractivity contribution in [2.24, 2.45) is 0 Å². The summed E-state index contributed by atoms with van der Waals surface area (Å²) in [4.78, 5) is 29.4. The molecule has 0 saturated heterocycles. The van der Waals surface area contributed by atoms with Gasteiger partial charge in [0, 0.05) is 18.0 Å². The molecule has 0 radical (unpaired) electrons. The number of carbonyl (C=O) groups excluding carboxylic acids is 1. The first-order valence-corrected chi connectivity index (χ1v) is 8.05. The second-order valence-electron chi connectivity index (χ2n) is 5.93. The van der Waals surface area contributed by atoms with E-state index >= 15 is 0 Å². The van der Waals surface area contributed by atoms with Crippen molar-refractivity contribution < 1.29 is 9.53 Å². The summed E-state index contributed by atoms with van der Waals surface area (Å²) in [6, 6.07) is 16.3. The zero-order valence-electron chi connectivity index (χ0n) is 14.4. The van der Waals surface area contributed by atoms with Gasteiger partial charge in [-0.25, -0.2) is 0 Å². The number of para-hydroxylation sites is 1. The van der Waals surface area contributed by atoms with E-state index in [1.165, 1.54) is 0 Å². The van der Waals surface area contributed by atoms with Gasteiger partial charge >= 0.3 is 0 Å². The molecule has 1 amide bonds. The van der Waals surface area contributed by atoms with Gasteiger partial charge in [-0.05, 0) is 30.5 Å². The summed E-state index contributed by atoms with van der Waals surface area (Å²) < 4.78 is 5.38. The minimum atomic E-state index is -0.264. The number of nitrogens with one attached hydrogen (secondary N) is 1. The van der Waals surface area contributed by atoms with Gasteiger partial charge in [0.25, 0.3) is 11.5 Å². The highest BCUT2D eigenvalue weighted by Crippen LogP contribution is 2.28. The van der Waals surface area contributed by atoms with Gasteiger partial charge in [-0.1, -0.05) is 36.4 Å². The lowest BCUT2D eigenvalue weighted by molar-refractivity contribution is 0.0735. The minimum absolute atomic E-state index is 0.210. The normalized spacial score (nSPS) is 12.0. The third-order valence-corrected chi connectivity index (χ3v) is 4.47. The van der Waals surface area contributed by atoms with Crippen molar-refractivity contribution in [2.75, 3.05) is 14.2 Å². The van der Waals surface area contributed by atoms with Crippen LogP contribution in [0.3, 0.4) is 0 Å². The second-order valence-corrected chi connectivity index (χ2v) is 5.93. The van der Waals surface area contributed by atoms with Crippen LogP contribution in [0.2, 0.25) is 0 Å². The Morgan fingerprint density at radius 3 is 2.56 bits per heavy atom. The lowest BCUT2D eigenvalue weighted by atomic mass is 10.1. The molecule has 25 heavy (non-hydrogen) atoms. The predicted molar refractivity (Wildman–Crippen MR) is 98.1 cm³/mol. The Morgan fingerprint density at radius 1 is 1.12 bits per heavy atom. The smallest absolute Gasteiger partial charge is 0.270 e. The highest BCUT2D eigenvalue weighted by Gasteiger charge is 2.22. The highest BCUT2D eigenvalue weighted by atomic mass is 16.5. The molecule has 5 heteroatoms. The van der Waals surface area contributed by atoms with E-state index in [0.29, 0.717) is 5.39 Å². The molecule has 2 aromatic carbocycles. The molecule has 3 rings (SSSR count). The van der Waals surface area contributed by atoms with Crippen LogP contribution in [0.4, 0.5) is 0 Å². The van der Waals surface area contributed by atoms with Crippen LogP contribution in [0.1, 0.15) is 29.0 Å². The molecule has 0 spiro atoms. The van der Waals surface area contributed by atoms with Gasteiger partial charge in [0.2, 0.25) is 0 Å². The number of fused-ring (bicyclic) bond motifs is 1. The molecule has 1 N–H and O–H groups in total. The Kier molecular flexibility index (Phi) is 4.57. The van der Waals surface area contributed by atoms with E-state index in [4.69, 9.17) is 4.74 Å². The van der Waals surface area contributed by atoms with E-state index in [9.17, 15) is 9.59 Å². The maximum absolute atomic E-state index is 12.9. The van der Waals surface area contributed by atoms with Crippen molar-refractivity contribution >= 4 is 16.7 Å². The molecule has 1 atom stereocenters. The summed E-state index contributed by atoms with van der Waals surface area (Å²) in [6.45, 7) is 1.93. The summed E-state index contributed by atoms with van der Waals surface area (Å²) in [7, 11) is 3.32. The molecule has 1 heterocycles. The number of ether oxygens (including phenoxy) is 1. The lowest BCUT2D eigenvalue weighted by Crippen LogP contribution is -2.31. The van der Waals surface area contributed by atoms with E-state index in [-0.39, 0.29) is 23.2 Å². The van der Waals surface area contributed by atoms with Gasteiger partial charge in [-0.15, -0.1) is 0 Å². The summed E-state index contributed by atoms with van der Waals surface area (Å²) in [5.74, 6) is 0.475. The number of aromatic amines is 1. The number of rotatable bonds is 4. The topological polar surface area (TPSA) is 62.4 Å². The number of carbonyl (C=O) groups is 1. The Hall–Kier alpha value is -3.08. The van der Waals surface area contributed by atoms with Crippen LogP contribution in [-0.2, 0) is 0 Å². The van der Waals surface area contributed by atoms with E-state index in [1.807, 2.05) is 43.3 Å². The molecule has 1 aromatic heterocycles. The molecule has 128 valence electrons. The first-order chi connectivity index (χ1) is 12.0. The third-order valence-electron chi connectivity index (χ3n) is 4.47. The first-order valence-electron chi connectivity index (χ1n) is 8.05. The zero-order valence-corrected chi connectivity index (χ0v) is 14.4. The van der Waals surface area contributed by atoms with Crippen LogP contribution in [0.25, 0.3) is 10.8 Å². The van der Waals surface area contributed by atoms with Crippen molar-refractivity contribution in [3.05, 3.63) is 76.2 Å². The van der Waals surface area contributed by atoms with E-state index < -0.39 is 0 Å². The standard InChI is InChI=1S/C20H20N2O3/c1-13(15-9-6-7-11-18(15)25-3)22(2)20(24)17-12-14-8-4-5-10-16(14)19(23)21-17/h4-13H,1-3H3,(H,21,23). The lowest BCUT2D eigenvalue weighted by Gasteiger charge is -2.26. The maximum atomic E-state index is 12.9. The number of nitrogens with zero attached hydrogens (tertiary/aromatic N) is 1. The monoisotopic (exact) mass is 336 g/mol. The molecular formula is C20H20N2O3. The molecule has 1 unspecified atom stereocenters. The fraction of sp³-hybridized carbons (Fsp3) is 0.200. The van der Waals surface area contributed by atoms with Gasteiger partial charge in [0.05, 0.1) is 13.2 Å². The molecule has 0 fully saturated rings. The fourth-order valence-electron chi connectivity index (χ4n) is 2.91. The maximum Gasteiger partial charge on any atom is 0.270 e. The number of aromatic nitrogens is 1. The quantitative estimate of drug-likeness (QED) is 0.794. The molecule has 0 bridgehead atoms. The summed E-state index contributed by atoms with van der Waals surface area (Å²) in [6.07, 6.45) is 0. The molecule has 0 saturated carbocycles. The molecule has 0 aliphatic carbocycles. The van der Waals surface area contributed by atoms with Gasteiger partial charge in [-0.2, -0.15) is 0 Å². The second kappa shape index (κ2) is 6.81. The zero-order chi connectivity index (χ0) is 18.0. The van der Waals surface area contributed by atoms with E-state index in [1.54, 1.807) is 37.3 Å². The van der Waals surface area contributed by atoms with Crippen LogP contribution in [0.15, 0.2) is 59.4 Å². The van der Waals surface area contributed by atoms with Crippen LogP contribution < -0.4 is 10.3 Å². The molecule has 3 aromatic rings. The highest BCUT2D eigenvalue weighted by molar-refractivity contribution is 5.96. The van der Waals surface area contributed by atoms with Crippen LogP contribution in [0.5, 0.6) is 5.75 Å². The number of hydrogen-bond acceptors (Lipinski definition) is 3. The van der Waals surface area contributed by atoms with Crippen molar-refractivity contribution in [1.82, 2.24) is 9.88 Å². The average Bonchev–Trinajstić information content (AvgIpc) is 2.66. The van der Waals surface area contributed by atoms with Crippen molar-refractivity contribution in [1.29, 1.82) is 0 Å². The largest absolute Gasteiger partial charge is 0.496 e. The van der Waals surface area contributed by atoms with Crippen LogP contribution in [-0.4, -0.2) is 29.9 Å². The number of benzene rings is 2. The van der Waals surface area contributed by atoms with Crippen molar-refractivity contribution in [3.63, 3.8) is 0 Å². The third kappa shape index (κ3) is 3.13. The summed E-state index contributed by atoms with van der Waals surface area (Å²) in [5.41, 5.74) is 0.914. The fourth-order valence-corrected chi connectivity index (χ4v) is 2.91. The number of H-pyrrole nitrogens is 1. The molecule has 5 nitrogen and oxygen atoms in total. The first kappa shape index (κ1) is 16.8. The Bertz CT molecular complexity index is 978. The summed E-state index contributed by atoms with van der Waals surface area (Å²) in [5, 5.41) is 1.31. The van der Waals surface area contributed by atoms with Crippen molar-refractivity contribution in [2.45, 2.75) is 13.0 Å². The Balaban J connectivity index is 1.96. The number of hydrogen-bond donors (Lipinski definition) is 1. The Morgan fingerprint density at radius 2 is 1.80 bits per heavy atom. The number of methoxy groups -OCH3 is 1. The van der Waals surface area contributed by atoms with E-state index in [0.717, 1.165) is 16.7 Å². The molecule has 0 aliphatic heterocycles. The molecule has 0 aliphatic rings. The SMILES string of the molecule is COc1ccccc1C(C)N(C)C(=O)c1cc2ccccc2c(=O)[nH]1. The predicted octanol–water partition coefficient (Wildman–Crippen LogP) is 3.37. The van der Waals surface area contributed by atoms with Crippen molar-refractivity contribution in [3.8, 4) is 5.75 Å². The minimum Gasteiger partial charge on any atom is -0.496 e. The van der Waals surface area contributed by atoms with Gasteiger partial charge in [-0.3, -0.25) is 9.59 Å². The average molecular weight is 336 g/mol. The van der Waals surface area contributed by atoms with Crippen LogP contribution in [0, 0.1) is 0 Å². The van der Waals surface area contributed by atoms with Crippen LogP contribution >= 0.6 is 0 Å². The number of pyridine rings is 1. The number of amides is 1. The van der Waals surface area contributed by atoms with Gasteiger partial charge in [0.15, 0.2) is 0 Å². The summed E-state index contributed by atoms with van der Waals surface area (Å²) >= 11 is 0. The molecular weight excluding hydrogens is 316 g/mol. The van der Waals surface area contributed by atoms with E-state index in [2.05, 4.69) is 4.98 Å². The van der Waals surface area contributed by atoms with Gasteiger partial charge < -0.3 is 14.6 Å².